The van der Waals surface area contributed by atoms with E-state index in [0.717, 1.165) is 0 Å². The average Bonchev–Trinajstić information content (AvgIpc) is 2.46. The van der Waals surface area contributed by atoms with E-state index in [2.05, 4.69) is 0 Å². The van der Waals surface area contributed by atoms with E-state index < -0.39 is 6.04 Å². The Morgan fingerprint density at radius 1 is 0.952 bits per heavy atom. The van der Waals surface area contributed by atoms with Crippen molar-refractivity contribution in [2.45, 2.75) is 6.04 Å². The summed E-state index contributed by atoms with van der Waals surface area (Å²) in [6, 6.07) is 8.18. The van der Waals surface area contributed by atoms with Gasteiger partial charge in [-0.05, 0) is 24.3 Å². The van der Waals surface area contributed by atoms with Gasteiger partial charge in [0.1, 0.15) is 16.5 Å². The second kappa shape index (κ2) is 6.75. The van der Waals surface area contributed by atoms with Crippen LogP contribution < -0.4 is 15.2 Å². The second-order valence-electron chi connectivity index (χ2n) is 4.32. The molecule has 0 aliphatic rings. The largest absolute Gasteiger partial charge is 0.495 e. The van der Waals surface area contributed by atoms with Gasteiger partial charge in [0.15, 0.2) is 0 Å². The lowest BCUT2D eigenvalue weighted by molar-refractivity contribution is 0.390. The van der Waals surface area contributed by atoms with Crippen molar-refractivity contribution < 1.29 is 9.47 Å². The van der Waals surface area contributed by atoms with Crippen molar-refractivity contribution in [2.75, 3.05) is 14.2 Å². The third-order valence-electron chi connectivity index (χ3n) is 3.16. The number of hydrogen-bond donors (Lipinski definition) is 1. The highest BCUT2D eigenvalue weighted by molar-refractivity contribution is 6.36. The number of nitrogens with two attached hydrogens (primary N) is 1. The van der Waals surface area contributed by atoms with Gasteiger partial charge in [0, 0.05) is 21.2 Å². The summed E-state index contributed by atoms with van der Waals surface area (Å²) >= 11 is 18.7. The van der Waals surface area contributed by atoms with Gasteiger partial charge in [-0.1, -0.05) is 40.9 Å². The fraction of sp³-hybridized carbons (Fsp3) is 0.200. The van der Waals surface area contributed by atoms with E-state index in [1.165, 1.54) is 14.2 Å². The first kappa shape index (κ1) is 16.2. The standard InChI is InChI=1S/C15H14Cl3NO2/c1-20-11-7-6-8(15(21-2)13(11)18)14(19)12-9(16)4-3-5-10(12)17/h3-7,14H,19H2,1-2H3. The molecule has 1 atom stereocenters. The summed E-state index contributed by atoms with van der Waals surface area (Å²) < 4.78 is 10.5. The van der Waals surface area contributed by atoms with Crippen molar-refractivity contribution in [1.29, 1.82) is 0 Å². The molecule has 0 aliphatic heterocycles. The summed E-state index contributed by atoms with van der Waals surface area (Å²) in [5, 5.41) is 1.34. The summed E-state index contributed by atoms with van der Waals surface area (Å²) in [5.74, 6) is 0.953. The number of rotatable bonds is 4. The van der Waals surface area contributed by atoms with Crippen LogP contribution >= 0.6 is 34.8 Å². The number of hydrogen-bond acceptors (Lipinski definition) is 3. The quantitative estimate of drug-likeness (QED) is 0.871. The molecular weight excluding hydrogens is 333 g/mol. The topological polar surface area (TPSA) is 44.5 Å². The maximum Gasteiger partial charge on any atom is 0.146 e. The fourth-order valence-electron chi connectivity index (χ4n) is 2.13. The fourth-order valence-corrected chi connectivity index (χ4v) is 3.09. The number of benzene rings is 2. The van der Waals surface area contributed by atoms with Crippen LogP contribution in [0.1, 0.15) is 17.2 Å². The molecule has 0 spiro atoms. The molecule has 1 unspecified atom stereocenters. The zero-order valence-corrected chi connectivity index (χ0v) is 13.8. The molecule has 2 aromatic rings. The number of halogens is 3. The van der Waals surface area contributed by atoms with Crippen molar-refractivity contribution in [3.8, 4) is 11.5 Å². The molecule has 3 nitrogen and oxygen atoms in total. The molecule has 0 fully saturated rings. The van der Waals surface area contributed by atoms with E-state index in [4.69, 9.17) is 50.0 Å². The molecule has 0 heterocycles. The van der Waals surface area contributed by atoms with Gasteiger partial charge in [-0.2, -0.15) is 0 Å². The Morgan fingerprint density at radius 3 is 2.10 bits per heavy atom. The maximum atomic E-state index is 6.31. The highest BCUT2D eigenvalue weighted by Crippen LogP contribution is 2.42. The molecule has 0 bridgehead atoms. The number of methoxy groups -OCH3 is 2. The van der Waals surface area contributed by atoms with E-state index in [9.17, 15) is 0 Å². The molecule has 0 aliphatic carbocycles. The lowest BCUT2D eigenvalue weighted by Crippen LogP contribution is -2.14. The first-order valence-electron chi connectivity index (χ1n) is 6.11. The van der Waals surface area contributed by atoms with Crippen LogP contribution in [-0.2, 0) is 0 Å². The first-order chi connectivity index (χ1) is 10.0. The van der Waals surface area contributed by atoms with E-state index in [0.29, 0.717) is 37.7 Å². The molecule has 0 radical (unpaired) electrons. The summed E-state index contributed by atoms with van der Waals surface area (Å²) in [6.45, 7) is 0. The normalized spacial score (nSPS) is 12.1. The Bertz CT molecular complexity index is 641. The van der Waals surface area contributed by atoms with Gasteiger partial charge in [-0.25, -0.2) is 0 Å². The summed E-state index contributed by atoms with van der Waals surface area (Å²) in [4.78, 5) is 0. The second-order valence-corrected chi connectivity index (χ2v) is 5.51. The van der Waals surface area contributed by atoms with Crippen LogP contribution in [0.4, 0.5) is 0 Å². The minimum absolute atomic E-state index is 0.358. The van der Waals surface area contributed by atoms with Crippen molar-refractivity contribution >= 4 is 34.8 Å². The number of ether oxygens (including phenoxy) is 2. The van der Waals surface area contributed by atoms with Gasteiger partial charge in [0.05, 0.1) is 20.3 Å². The lowest BCUT2D eigenvalue weighted by atomic mass is 9.98. The Hall–Kier alpha value is -1.13. The van der Waals surface area contributed by atoms with E-state index in [1.54, 1.807) is 30.3 Å². The molecule has 21 heavy (non-hydrogen) atoms. The van der Waals surface area contributed by atoms with Crippen LogP contribution in [-0.4, -0.2) is 14.2 Å². The Morgan fingerprint density at radius 2 is 1.57 bits per heavy atom. The Labute approximate surface area is 138 Å². The highest BCUT2D eigenvalue weighted by Gasteiger charge is 2.22. The summed E-state index contributed by atoms with van der Waals surface area (Å²) in [5.41, 5.74) is 7.61. The van der Waals surface area contributed by atoms with Crippen LogP contribution in [0.25, 0.3) is 0 Å². The van der Waals surface area contributed by atoms with Gasteiger partial charge in [-0.3, -0.25) is 0 Å². The van der Waals surface area contributed by atoms with Crippen molar-refractivity contribution in [3.05, 3.63) is 56.5 Å². The summed E-state index contributed by atoms with van der Waals surface area (Å²) in [7, 11) is 3.05. The minimum Gasteiger partial charge on any atom is -0.495 e. The highest BCUT2D eigenvalue weighted by atomic mass is 35.5. The van der Waals surface area contributed by atoms with E-state index >= 15 is 0 Å². The predicted octanol–water partition coefficient (Wildman–Crippen LogP) is 4.71. The minimum atomic E-state index is -0.565. The monoisotopic (exact) mass is 345 g/mol. The van der Waals surface area contributed by atoms with E-state index in [1.807, 2.05) is 0 Å². The molecule has 112 valence electrons. The van der Waals surface area contributed by atoms with Gasteiger partial charge in [-0.15, -0.1) is 0 Å². The maximum absolute atomic E-state index is 6.31. The third kappa shape index (κ3) is 3.06. The van der Waals surface area contributed by atoms with Crippen molar-refractivity contribution in [1.82, 2.24) is 0 Å². The molecule has 6 heteroatoms. The van der Waals surface area contributed by atoms with Gasteiger partial charge in [0.25, 0.3) is 0 Å². The molecule has 2 aromatic carbocycles. The lowest BCUT2D eigenvalue weighted by Gasteiger charge is -2.20. The Balaban J connectivity index is 2.59. The van der Waals surface area contributed by atoms with Crippen molar-refractivity contribution in [3.63, 3.8) is 0 Å². The predicted molar refractivity (Wildman–Crippen MR) is 87.0 cm³/mol. The van der Waals surface area contributed by atoms with Crippen LogP contribution in [0.2, 0.25) is 15.1 Å². The van der Waals surface area contributed by atoms with Gasteiger partial charge < -0.3 is 15.2 Å². The SMILES string of the molecule is COc1ccc(C(N)c2c(Cl)cccc2Cl)c(OC)c1Cl. The molecule has 2 rings (SSSR count). The third-order valence-corrected chi connectivity index (χ3v) is 4.18. The Kier molecular flexibility index (Phi) is 5.22. The van der Waals surface area contributed by atoms with Crippen LogP contribution in [0, 0.1) is 0 Å². The molecule has 0 saturated carbocycles. The molecule has 0 amide bonds. The first-order valence-corrected chi connectivity index (χ1v) is 7.24. The molecular formula is C15H14Cl3NO2. The van der Waals surface area contributed by atoms with E-state index in [-0.39, 0.29) is 0 Å². The van der Waals surface area contributed by atoms with Gasteiger partial charge in [0.2, 0.25) is 0 Å². The van der Waals surface area contributed by atoms with Crippen molar-refractivity contribution in [2.24, 2.45) is 5.73 Å². The summed E-state index contributed by atoms with van der Waals surface area (Å²) in [6.07, 6.45) is 0. The van der Waals surface area contributed by atoms with Crippen LogP contribution in [0.15, 0.2) is 30.3 Å². The smallest absolute Gasteiger partial charge is 0.146 e. The van der Waals surface area contributed by atoms with Gasteiger partial charge >= 0.3 is 0 Å². The zero-order valence-electron chi connectivity index (χ0n) is 11.5. The zero-order chi connectivity index (χ0) is 15.6. The molecule has 2 N–H and O–H groups in total. The molecule has 0 saturated heterocycles. The van der Waals surface area contributed by atoms with Crippen LogP contribution in [0.5, 0.6) is 11.5 Å². The average molecular weight is 347 g/mol. The van der Waals surface area contributed by atoms with Crippen LogP contribution in [0.3, 0.4) is 0 Å². The molecule has 0 aromatic heterocycles.